The van der Waals surface area contributed by atoms with Crippen LogP contribution in [0.1, 0.15) is 24.2 Å². The summed E-state index contributed by atoms with van der Waals surface area (Å²) in [6, 6.07) is 8.07. The number of hydrogen-bond acceptors (Lipinski definition) is 6. The van der Waals surface area contributed by atoms with Gasteiger partial charge < -0.3 is 4.52 Å². The molecule has 0 aliphatic carbocycles. The summed E-state index contributed by atoms with van der Waals surface area (Å²) in [4.78, 5) is 11.0. The summed E-state index contributed by atoms with van der Waals surface area (Å²) >= 11 is 0. The average Bonchev–Trinajstić information content (AvgIpc) is 3.28. The van der Waals surface area contributed by atoms with E-state index in [9.17, 15) is 0 Å². The zero-order valence-electron chi connectivity index (χ0n) is 14.4. The number of rotatable bonds is 5. The van der Waals surface area contributed by atoms with Crippen LogP contribution in [0.2, 0.25) is 0 Å². The normalized spacial score (nSPS) is 18.5. The quantitative estimate of drug-likeness (QED) is 0.712. The number of aryl methyl sites for hydroxylation is 1. The van der Waals surface area contributed by atoms with Crippen molar-refractivity contribution in [3.05, 3.63) is 48.3 Å². The van der Waals surface area contributed by atoms with E-state index in [0.29, 0.717) is 11.8 Å². The number of likely N-dealkylation sites (tertiary alicyclic amines) is 1. The lowest BCUT2D eigenvalue weighted by Gasteiger charge is -2.31. The first kappa shape index (κ1) is 16.0. The Balaban J connectivity index is 1.39. The lowest BCUT2D eigenvalue weighted by molar-refractivity contribution is 0.149. The molecule has 3 heterocycles. The van der Waals surface area contributed by atoms with Crippen LogP contribution in [-0.2, 0) is 13.1 Å². The number of benzene rings is 1. The minimum absolute atomic E-state index is 0.582. The van der Waals surface area contributed by atoms with Gasteiger partial charge in [0.05, 0.1) is 6.54 Å². The molecule has 130 valence electrons. The van der Waals surface area contributed by atoms with Gasteiger partial charge in [0.25, 0.3) is 5.89 Å². The van der Waals surface area contributed by atoms with Crippen molar-refractivity contribution in [3.8, 4) is 11.5 Å². The van der Waals surface area contributed by atoms with E-state index in [1.54, 1.807) is 12.7 Å². The third-order valence-electron chi connectivity index (χ3n) is 4.72. The van der Waals surface area contributed by atoms with Gasteiger partial charge in [-0.2, -0.15) is 10.1 Å². The van der Waals surface area contributed by atoms with Crippen molar-refractivity contribution in [1.29, 1.82) is 0 Å². The van der Waals surface area contributed by atoms with Crippen LogP contribution in [0, 0.1) is 12.8 Å². The molecule has 1 atom stereocenters. The molecule has 1 fully saturated rings. The Labute approximate surface area is 146 Å². The minimum Gasteiger partial charge on any atom is -0.334 e. The van der Waals surface area contributed by atoms with Crippen LogP contribution in [0.3, 0.4) is 0 Å². The highest BCUT2D eigenvalue weighted by molar-refractivity contribution is 5.57. The second-order valence-electron chi connectivity index (χ2n) is 6.69. The standard InChI is InChI=1S/C18H22N6O/c1-14-5-2-3-7-16(14)18-21-17(22-25-18)11-23-8-4-6-15(9-23)10-24-13-19-12-20-24/h2-3,5,7,12-13,15H,4,6,8-11H2,1H3. The van der Waals surface area contributed by atoms with Crippen molar-refractivity contribution in [1.82, 2.24) is 29.8 Å². The van der Waals surface area contributed by atoms with Crippen molar-refractivity contribution in [3.63, 3.8) is 0 Å². The molecule has 7 nitrogen and oxygen atoms in total. The SMILES string of the molecule is Cc1ccccc1-c1nc(CN2CCCC(Cn3cncn3)C2)no1. The summed E-state index contributed by atoms with van der Waals surface area (Å²) in [5.41, 5.74) is 2.15. The second-order valence-corrected chi connectivity index (χ2v) is 6.69. The van der Waals surface area contributed by atoms with Gasteiger partial charge in [0.15, 0.2) is 5.82 Å². The zero-order valence-corrected chi connectivity index (χ0v) is 14.4. The average molecular weight is 338 g/mol. The third-order valence-corrected chi connectivity index (χ3v) is 4.72. The van der Waals surface area contributed by atoms with E-state index in [-0.39, 0.29) is 0 Å². The molecule has 1 unspecified atom stereocenters. The fraction of sp³-hybridized carbons (Fsp3) is 0.444. The van der Waals surface area contributed by atoms with Crippen LogP contribution in [0.4, 0.5) is 0 Å². The Hall–Kier alpha value is -2.54. The minimum atomic E-state index is 0.582. The fourth-order valence-corrected chi connectivity index (χ4v) is 3.48. The molecule has 0 saturated carbocycles. The first-order chi connectivity index (χ1) is 12.3. The van der Waals surface area contributed by atoms with Crippen LogP contribution < -0.4 is 0 Å². The molecule has 3 aromatic rings. The number of aromatic nitrogens is 5. The van der Waals surface area contributed by atoms with Crippen molar-refractivity contribution in [2.45, 2.75) is 32.9 Å². The highest BCUT2D eigenvalue weighted by Gasteiger charge is 2.22. The van der Waals surface area contributed by atoms with E-state index in [1.807, 2.05) is 22.9 Å². The molecule has 0 spiro atoms. The van der Waals surface area contributed by atoms with Crippen LogP contribution in [0.5, 0.6) is 0 Å². The van der Waals surface area contributed by atoms with Crippen molar-refractivity contribution in [2.75, 3.05) is 13.1 Å². The lowest BCUT2D eigenvalue weighted by atomic mass is 9.98. The fourth-order valence-electron chi connectivity index (χ4n) is 3.48. The van der Waals surface area contributed by atoms with Gasteiger partial charge in [0.1, 0.15) is 12.7 Å². The van der Waals surface area contributed by atoms with Gasteiger partial charge >= 0.3 is 0 Å². The third kappa shape index (κ3) is 3.76. The van der Waals surface area contributed by atoms with Gasteiger partial charge in [-0.1, -0.05) is 23.4 Å². The van der Waals surface area contributed by atoms with Gasteiger partial charge in [-0.25, -0.2) is 4.98 Å². The predicted molar refractivity (Wildman–Crippen MR) is 92.5 cm³/mol. The highest BCUT2D eigenvalue weighted by atomic mass is 16.5. The molecule has 1 aliphatic rings. The summed E-state index contributed by atoms with van der Waals surface area (Å²) in [6.45, 7) is 5.79. The monoisotopic (exact) mass is 338 g/mol. The Morgan fingerprint density at radius 3 is 3.04 bits per heavy atom. The van der Waals surface area contributed by atoms with Crippen molar-refractivity contribution < 1.29 is 4.52 Å². The summed E-state index contributed by atoms with van der Waals surface area (Å²) < 4.78 is 7.39. The van der Waals surface area contributed by atoms with Crippen LogP contribution in [0.25, 0.3) is 11.5 Å². The van der Waals surface area contributed by atoms with Gasteiger partial charge in [-0.3, -0.25) is 9.58 Å². The number of hydrogen-bond donors (Lipinski definition) is 0. The largest absolute Gasteiger partial charge is 0.334 e. The van der Waals surface area contributed by atoms with E-state index < -0.39 is 0 Å². The molecule has 1 saturated heterocycles. The van der Waals surface area contributed by atoms with Gasteiger partial charge in [-0.05, 0) is 43.9 Å². The van der Waals surface area contributed by atoms with Crippen molar-refractivity contribution in [2.24, 2.45) is 5.92 Å². The summed E-state index contributed by atoms with van der Waals surface area (Å²) in [7, 11) is 0. The first-order valence-corrected chi connectivity index (χ1v) is 8.71. The van der Waals surface area contributed by atoms with E-state index in [4.69, 9.17) is 4.52 Å². The molecular weight excluding hydrogens is 316 g/mol. The van der Waals surface area contributed by atoms with Gasteiger partial charge in [-0.15, -0.1) is 0 Å². The Kier molecular flexibility index (Phi) is 4.56. The Bertz CT molecular complexity index is 813. The Morgan fingerprint density at radius 1 is 1.28 bits per heavy atom. The first-order valence-electron chi connectivity index (χ1n) is 8.71. The van der Waals surface area contributed by atoms with E-state index in [2.05, 4.69) is 38.1 Å². The summed E-state index contributed by atoms with van der Waals surface area (Å²) in [5, 5.41) is 8.39. The lowest BCUT2D eigenvalue weighted by Crippen LogP contribution is -2.36. The van der Waals surface area contributed by atoms with Crippen LogP contribution >= 0.6 is 0 Å². The maximum Gasteiger partial charge on any atom is 0.258 e. The van der Waals surface area contributed by atoms with Crippen LogP contribution in [-0.4, -0.2) is 42.9 Å². The van der Waals surface area contributed by atoms with Gasteiger partial charge in [0, 0.05) is 18.7 Å². The summed E-state index contributed by atoms with van der Waals surface area (Å²) in [6.07, 6.45) is 5.78. The molecule has 1 aliphatic heterocycles. The van der Waals surface area contributed by atoms with Gasteiger partial charge in [0.2, 0.25) is 0 Å². The molecule has 0 amide bonds. The topological polar surface area (TPSA) is 72.9 Å². The van der Waals surface area contributed by atoms with E-state index in [1.165, 1.54) is 12.8 Å². The molecule has 2 aromatic heterocycles. The second kappa shape index (κ2) is 7.14. The number of piperidine rings is 1. The van der Waals surface area contributed by atoms with E-state index >= 15 is 0 Å². The molecule has 25 heavy (non-hydrogen) atoms. The highest BCUT2D eigenvalue weighted by Crippen LogP contribution is 2.23. The van der Waals surface area contributed by atoms with E-state index in [0.717, 1.165) is 43.1 Å². The predicted octanol–water partition coefficient (Wildman–Crippen LogP) is 2.55. The maximum absolute atomic E-state index is 5.47. The number of nitrogens with zero attached hydrogens (tertiary/aromatic N) is 6. The molecule has 7 heteroatoms. The van der Waals surface area contributed by atoms with Crippen LogP contribution in [0.15, 0.2) is 41.4 Å². The molecule has 0 bridgehead atoms. The molecule has 0 N–H and O–H groups in total. The zero-order chi connectivity index (χ0) is 17.1. The maximum atomic E-state index is 5.47. The molecule has 4 rings (SSSR count). The molecular formula is C18H22N6O. The molecule has 1 aromatic carbocycles. The van der Waals surface area contributed by atoms with Crippen molar-refractivity contribution >= 4 is 0 Å². The smallest absolute Gasteiger partial charge is 0.258 e. The summed E-state index contributed by atoms with van der Waals surface area (Å²) in [5.74, 6) is 1.93. The molecule has 0 radical (unpaired) electrons. The Morgan fingerprint density at radius 2 is 2.20 bits per heavy atom.